The van der Waals surface area contributed by atoms with Crippen LogP contribution >= 0.6 is 15.9 Å². The van der Waals surface area contributed by atoms with E-state index in [2.05, 4.69) is 26.9 Å². The van der Waals surface area contributed by atoms with Gasteiger partial charge in [0.15, 0.2) is 0 Å². The summed E-state index contributed by atoms with van der Waals surface area (Å²) in [5, 5.41) is 0. The first kappa shape index (κ1) is 15.1. The Morgan fingerprint density at radius 3 is 2.80 bits per heavy atom. The number of hydrogen-bond donors (Lipinski definition) is 0. The lowest BCUT2D eigenvalue weighted by Gasteiger charge is -2.30. The third kappa shape index (κ3) is 4.10. The minimum atomic E-state index is -0.294. The molecule has 1 aromatic rings. The van der Waals surface area contributed by atoms with Crippen LogP contribution in [0.1, 0.15) is 31.7 Å². The van der Waals surface area contributed by atoms with E-state index in [-0.39, 0.29) is 5.97 Å². The number of carbonyl (C=O) groups excluding carboxylic acids is 1. The number of ether oxygens (including phenoxy) is 1. The van der Waals surface area contributed by atoms with Gasteiger partial charge in [-0.1, -0.05) is 15.9 Å². The zero-order valence-corrected chi connectivity index (χ0v) is 13.4. The van der Waals surface area contributed by atoms with Gasteiger partial charge in [-0.3, -0.25) is 0 Å². The largest absolute Gasteiger partial charge is 0.463 e. The molecule has 0 atom stereocenters. The lowest BCUT2D eigenvalue weighted by atomic mass is 10.1. The van der Waals surface area contributed by atoms with Crippen molar-refractivity contribution < 1.29 is 9.53 Å². The Morgan fingerprint density at radius 1 is 1.35 bits per heavy atom. The molecule has 1 heterocycles. The zero-order chi connectivity index (χ0) is 14.4. The van der Waals surface area contributed by atoms with E-state index in [9.17, 15) is 4.79 Å². The maximum Gasteiger partial charge on any atom is 0.330 e. The first-order valence-electron chi connectivity index (χ1n) is 7.10. The van der Waals surface area contributed by atoms with E-state index in [1.165, 1.54) is 31.0 Å². The van der Waals surface area contributed by atoms with Crippen molar-refractivity contribution >= 4 is 33.7 Å². The Labute approximate surface area is 128 Å². The van der Waals surface area contributed by atoms with Gasteiger partial charge in [0.25, 0.3) is 0 Å². The van der Waals surface area contributed by atoms with Crippen molar-refractivity contribution in [1.29, 1.82) is 0 Å². The highest BCUT2D eigenvalue weighted by molar-refractivity contribution is 9.10. The maximum absolute atomic E-state index is 11.5. The van der Waals surface area contributed by atoms with Crippen LogP contribution in [0, 0.1) is 0 Å². The molecule has 1 aliphatic rings. The van der Waals surface area contributed by atoms with Crippen molar-refractivity contribution in [1.82, 2.24) is 0 Å². The van der Waals surface area contributed by atoms with Gasteiger partial charge in [0.1, 0.15) is 0 Å². The predicted molar refractivity (Wildman–Crippen MR) is 85.9 cm³/mol. The van der Waals surface area contributed by atoms with Crippen LogP contribution in [0.5, 0.6) is 0 Å². The lowest BCUT2D eigenvalue weighted by Crippen LogP contribution is -2.29. The van der Waals surface area contributed by atoms with Gasteiger partial charge in [0.2, 0.25) is 0 Å². The number of benzene rings is 1. The highest BCUT2D eigenvalue weighted by Crippen LogP contribution is 2.28. The van der Waals surface area contributed by atoms with Gasteiger partial charge in [0.05, 0.1) is 6.61 Å². The van der Waals surface area contributed by atoms with Crippen molar-refractivity contribution in [3.8, 4) is 0 Å². The van der Waals surface area contributed by atoms with Crippen molar-refractivity contribution in [3.05, 3.63) is 34.3 Å². The third-order valence-corrected chi connectivity index (χ3v) is 3.87. The number of nitrogens with zero attached hydrogens (tertiary/aromatic N) is 1. The minimum Gasteiger partial charge on any atom is -0.463 e. The number of rotatable bonds is 4. The third-order valence-electron chi connectivity index (χ3n) is 3.37. The Morgan fingerprint density at radius 2 is 2.10 bits per heavy atom. The highest BCUT2D eigenvalue weighted by Gasteiger charge is 2.13. The second kappa shape index (κ2) is 7.48. The molecule has 20 heavy (non-hydrogen) atoms. The minimum absolute atomic E-state index is 0.294. The summed E-state index contributed by atoms with van der Waals surface area (Å²) in [7, 11) is 0. The molecule has 2 rings (SSSR count). The second-order valence-electron chi connectivity index (χ2n) is 4.84. The predicted octanol–water partition coefficient (Wildman–Crippen LogP) is 4.02. The summed E-state index contributed by atoms with van der Waals surface area (Å²) in [6.07, 6.45) is 7.11. The number of piperidine rings is 1. The maximum atomic E-state index is 11.5. The van der Waals surface area contributed by atoms with Crippen LogP contribution in [0.15, 0.2) is 28.7 Å². The molecule has 1 aromatic carbocycles. The smallest absolute Gasteiger partial charge is 0.330 e. The molecule has 0 spiro atoms. The van der Waals surface area contributed by atoms with E-state index in [0.29, 0.717) is 6.61 Å². The summed E-state index contributed by atoms with van der Waals surface area (Å²) < 4.78 is 5.94. The van der Waals surface area contributed by atoms with E-state index >= 15 is 0 Å². The Balaban J connectivity index is 2.21. The summed E-state index contributed by atoms with van der Waals surface area (Å²) in [6.45, 7) is 4.38. The second-order valence-corrected chi connectivity index (χ2v) is 5.75. The fourth-order valence-corrected chi connectivity index (χ4v) is 2.81. The molecule has 3 nitrogen and oxygen atoms in total. The number of carbonyl (C=O) groups is 1. The monoisotopic (exact) mass is 337 g/mol. The van der Waals surface area contributed by atoms with Crippen LogP contribution in [0.3, 0.4) is 0 Å². The van der Waals surface area contributed by atoms with Gasteiger partial charge in [-0.15, -0.1) is 0 Å². The molecule has 0 amide bonds. The van der Waals surface area contributed by atoms with Crippen LogP contribution in [-0.2, 0) is 9.53 Å². The first-order valence-corrected chi connectivity index (χ1v) is 7.89. The summed E-state index contributed by atoms with van der Waals surface area (Å²) in [5.74, 6) is -0.294. The first-order chi connectivity index (χ1) is 9.70. The average molecular weight is 338 g/mol. The molecule has 0 unspecified atom stereocenters. The lowest BCUT2D eigenvalue weighted by molar-refractivity contribution is -0.137. The highest BCUT2D eigenvalue weighted by atomic mass is 79.9. The zero-order valence-electron chi connectivity index (χ0n) is 11.8. The number of hydrogen-bond acceptors (Lipinski definition) is 3. The van der Waals surface area contributed by atoms with E-state index in [0.717, 1.165) is 23.1 Å². The number of anilines is 1. The fourth-order valence-electron chi connectivity index (χ4n) is 2.43. The number of halogens is 1. The Kier molecular flexibility index (Phi) is 5.65. The Hall–Kier alpha value is -1.29. The summed E-state index contributed by atoms with van der Waals surface area (Å²) in [5.41, 5.74) is 2.24. The average Bonchev–Trinajstić information content (AvgIpc) is 2.46. The Bertz CT molecular complexity index is 493. The molecular weight excluding hydrogens is 318 g/mol. The molecule has 1 fully saturated rings. The summed E-state index contributed by atoms with van der Waals surface area (Å²) in [4.78, 5) is 13.8. The number of esters is 1. The van der Waals surface area contributed by atoms with E-state index in [1.807, 2.05) is 25.1 Å². The standard InChI is InChI=1S/C16H20BrNO2/c1-2-20-16(19)9-6-13-12-14(17)7-8-15(13)18-10-4-3-5-11-18/h6-9,12H,2-5,10-11H2,1H3. The van der Waals surface area contributed by atoms with Gasteiger partial charge < -0.3 is 9.64 Å². The molecule has 0 radical (unpaired) electrons. The molecule has 1 aliphatic heterocycles. The van der Waals surface area contributed by atoms with Crippen LogP contribution < -0.4 is 4.90 Å². The van der Waals surface area contributed by atoms with Crippen LogP contribution in [-0.4, -0.2) is 25.7 Å². The van der Waals surface area contributed by atoms with Crippen molar-refractivity contribution in [3.63, 3.8) is 0 Å². The van der Waals surface area contributed by atoms with E-state index in [1.54, 1.807) is 0 Å². The van der Waals surface area contributed by atoms with Gasteiger partial charge >= 0.3 is 5.97 Å². The molecule has 0 N–H and O–H groups in total. The fraction of sp³-hybridized carbons (Fsp3) is 0.438. The van der Waals surface area contributed by atoms with Crippen LogP contribution in [0.2, 0.25) is 0 Å². The SMILES string of the molecule is CCOC(=O)C=Cc1cc(Br)ccc1N1CCCCC1. The van der Waals surface area contributed by atoms with Crippen molar-refractivity contribution in [2.45, 2.75) is 26.2 Å². The molecule has 0 aromatic heterocycles. The quantitative estimate of drug-likeness (QED) is 0.614. The van der Waals surface area contributed by atoms with Crippen molar-refractivity contribution in [2.75, 3.05) is 24.6 Å². The molecular formula is C16H20BrNO2. The molecule has 4 heteroatoms. The van der Waals surface area contributed by atoms with Gasteiger partial charge in [-0.2, -0.15) is 0 Å². The molecule has 0 aliphatic carbocycles. The van der Waals surface area contributed by atoms with Gasteiger partial charge in [-0.05, 0) is 56.0 Å². The van der Waals surface area contributed by atoms with Gasteiger partial charge in [0, 0.05) is 29.3 Å². The van der Waals surface area contributed by atoms with E-state index in [4.69, 9.17) is 4.74 Å². The van der Waals surface area contributed by atoms with Crippen molar-refractivity contribution in [2.24, 2.45) is 0 Å². The molecule has 1 saturated heterocycles. The molecule has 0 saturated carbocycles. The topological polar surface area (TPSA) is 29.5 Å². The molecule has 108 valence electrons. The summed E-state index contributed by atoms with van der Waals surface area (Å²) >= 11 is 3.49. The summed E-state index contributed by atoms with van der Waals surface area (Å²) in [6, 6.07) is 6.20. The van der Waals surface area contributed by atoms with Crippen LogP contribution in [0.4, 0.5) is 5.69 Å². The van der Waals surface area contributed by atoms with Crippen LogP contribution in [0.25, 0.3) is 6.08 Å². The molecule has 0 bridgehead atoms. The van der Waals surface area contributed by atoms with Gasteiger partial charge in [-0.25, -0.2) is 4.79 Å². The van der Waals surface area contributed by atoms with E-state index < -0.39 is 0 Å². The normalized spacial score (nSPS) is 15.6.